The first-order chi connectivity index (χ1) is 13.1. The zero-order chi connectivity index (χ0) is 18.9. The van der Waals surface area contributed by atoms with Crippen LogP contribution >= 0.6 is 0 Å². The van der Waals surface area contributed by atoms with Crippen molar-refractivity contribution >= 4 is 17.8 Å². The number of imide groups is 1. The Balaban J connectivity index is 1.36. The molecular formula is C19H26N4O4. The lowest BCUT2D eigenvalue weighted by Gasteiger charge is -2.26. The van der Waals surface area contributed by atoms with Gasteiger partial charge in [-0.2, -0.15) is 0 Å². The molecule has 2 saturated heterocycles. The van der Waals surface area contributed by atoms with Crippen LogP contribution in [0.3, 0.4) is 0 Å². The molecule has 0 aromatic carbocycles. The van der Waals surface area contributed by atoms with Crippen LogP contribution < -0.4 is 10.6 Å². The van der Waals surface area contributed by atoms with E-state index in [0.717, 1.165) is 49.4 Å². The van der Waals surface area contributed by atoms with Gasteiger partial charge in [0.25, 0.3) is 5.91 Å². The van der Waals surface area contributed by atoms with Crippen molar-refractivity contribution in [3.63, 3.8) is 0 Å². The second kappa shape index (κ2) is 7.34. The van der Waals surface area contributed by atoms with Gasteiger partial charge in [0.2, 0.25) is 5.91 Å². The first-order valence-corrected chi connectivity index (χ1v) is 9.77. The number of urea groups is 1. The number of amides is 4. The summed E-state index contributed by atoms with van der Waals surface area (Å²) < 4.78 is 5.55. The molecule has 8 heteroatoms. The Morgan fingerprint density at radius 2 is 1.96 bits per heavy atom. The molecular weight excluding hydrogens is 348 g/mol. The van der Waals surface area contributed by atoms with Gasteiger partial charge in [-0.1, -0.05) is 12.8 Å². The zero-order valence-electron chi connectivity index (χ0n) is 15.4. The average Bonchev–Trinajstić information content (AvgIpc) is 3.43. The van der Waals surface area contributed by atoms with E-state index >= 15 is 0 Å². The van der Waals surface area contributed by atoms with E-state index in [-0.39, 0.29) is 24.4 Å². The standard InChI is InChI=1S/C19H26N4O4/c24-16(13-23-17(25)19(21-18(23)26)7-1-2-8-19)20-12-14(15-6-5-11-27-15)22-9-3-4-10-22/h5-6,11,14H,1-4,7-10,12-13H2,(H,20,24)(H,21,26)/t14-/m1/s1. The van der Waals surface area contributed by atoms with Crippen LogP contribution in [-0.4, -0.2) is 59.4 Å². The molecule has 1 saturated carbocycles. The van der Waals surface area contributed by atoms with E-state index in [0.29, 0.717) is 19.4 Å². The molecule has 1 atom stereocenters. The van der Waals surface area contributed by atoms with Crippen molar-refractivity contribution in [2.75, 3.05) is 26.2 Å². The highest BCUT2D eigenvalue weighted by molar-refractivity contribution is 6.09. The summed E-state index contributed by atoms with van der Waals surface area (Å²) in [6, 6.07) is 3.26. The van der Waals surface area contributed by atoms with Gasteiger partial charge >= 0.3 is 6.03 Å². The van der Waals surface area contributed by atoms with Crippen molar-refractivity contribution in [3.8, 4) is 0 Å². The minimum absolute atomic E-state index is 0.0317. The summed E-state index contributed by atoms with van der Waals surface area (Å²) in [6.45, 7) is 2.09. The minimum atomic E-state index is -0.774. The van der Waals surface area contributed by atoms with E-state index in [4.69, 9.17) is 4.42 Å². The van der Waals surface area contributed by atoms with Crippen molar-refractivity contribution in [2.45, 2.75) is 50.1 Å². The van der Waals surface area contributed by atoms with Crippen LogP contribution in [0.5, 0.6) is 0 Å². The summed E-state index contributed by atoms with van der Waals surface area (Å²) in [5, 5.41) is 5.68. The van der Waals surface area contributed by atoms with Gasteiger partial charge in [0.15, 0.2) is 0 Å². The Hall–Kier alpha value is -2.35. The molecule has 4 rings (SSSR count). The van der Waals surface area contributed by atoms with Crippen molar-refractivity contribution in [1.29, 1.82) is 0 Å². The Bertz CT molecular complexity index is 705. The highest BCUT2D eigenvalue weighted by atomic mass is 16.3. The molecule has 2 aliphatic heterocycles. The number of nitrogens with one attached hydrogen (secondary N) is 2. The molecule has 3 fully saturated rings. The van der Waals surface area contributed by atoms with E-state index in [2.05, 4.69) is 15.5 Å². The van der Waals surface area contributed by atoms with Gasteiger partial charge in [0.05, 0.1) is 12.3 Å². The lowest BCUT2D eigenvalue weighted by Crippen LogP contribution is -2.46. The molecule has 8 nitrogen and oxygen atoms in total. The third-order valence-corrected chi connectivity index (χ3v) is 5.95. The van der Waals surface area contributed by atoms with Gasteiger partial charge < -0.3 is 15.1 Å². The van der Waals surface area contributed by atoms with Crippen molar-refractivity contribution in [3.05, 3.63) is 24.2 Å². The molecule has 0 unspecified atom stereocenters. The molecule has 27 heavy (non-hydrogen) atoms. The first-order valence-electron chi connectivity index (χ1n) is 9.77. The lowest BCUT2D eigenvalue weighted by atomic mass is 9.98. The number of nitrogens with zero attached hydrogens (tertiary/aromatic N) is 2. The Kier molecular flexibility index (Phi) is 4.90. The normalized spacial score (nSPS) is 23.2. The molecule has 0 bridgehead atoms. The molecule has 3 heterocycles. The maximum atomic E-state index is 12.6. The van der Waals surface area contributed by atoms with Gasteiger partial charge in [-0.25, -0.2) is 4.79 Å². The maximum Gasteiger partial charge on any atom is 0.325 e. The molecule has 1 spiro atoms. The van der Waals surface area contributed by atoms with E-state index in [1.54, 1.807) is 6.26 Å². The number of carbonyl (C=O) groups excluding carboxylic acids is 3. The van der Waals surface area contributed by atoms with Crippen LogP contribution in [0.2, 0.25) is 0 Å². The van der Waals surface area contributed by atoms with Crippen molar-refractivity contribution in [1.82, 2.24) is 20.4 Å². The minimum Gasteiger partial charge on any atom is -0.468 e. The van der Waals surface area contributed by atoms with E-state index in [1.807, 2.05) is 12.1 Å². The molecule has 0 radical (unpaired) electrons. The summed E-state index contributed by atoms with van der Waals surface area (Å²) in [5.41, 5.74) is -0.774. The summed E-state index contributed by atoms with van der Waals surface area (Å²) in [6.07, 6.45) is 7.07. The summed E-state index contributed by atoms with van der Waals surface area (Å²) in [5.74, 6) is 0.226. The fourth-order valence-electron chi connectivity index (χ4n) is 4.49. The average molecular weight is 374 g/mol. The number of hydrogen-bond donors (Lipinski definition) is 2. The number of hydrogen-bond acceptors (Lipinski definition) is 5. The van der Waals surface area contributed by atoms with Gasteiger partial charge in [-0.05, 0) is 50.9 Å². The van der Waals surface area contributed by atoms with Crippen molar-refractivity contribution < 1.29 is 18.8 Å². The number of furan rings is 1. The van der Waals surface area contributed by atoms with E-state index in [9.17, 15) is 14.4 Å². The largest absolute Gasteiger partial charge is 0.468 e. The third-order valence-electron chi connectivity index (χ3n) is 5.95. The molecule has 3 aliphatic rings. The second-order valence-corrected chi connectivity index (χ2v) is 7.69. The number of rotatable bonds is 6. The van der Waals surface area contributed by atoms with Crippen LogP contribution in [0.4, 0.5) is 4.79 Å². The fourth-order valence-corrected chi connectivity index (χ4v) is 4.49. The van der Waals surface area contributed by atoms with Crippen LogP contribution in [0.15, 0.2) is 22.8 Å². The van der Waals surface area contributed by atoms with Crippen LogP contribution in [0, 0.1) is 0 Å². The van der Waals surface area contributed by atoms with E-state index in [1.165, 1.54) is 0 Å². The summed E-state index contributed by atoms with van der Waals surface area (Å²) in [7, 11) is 0. The Morgan fingerprint density at radius 3 is 2.63 bits per heavy atom. The third kappa shape index (κ3) is 3.45. The first kappa shape index (κ1) is 18.0. The van der Waals surface area contributed by atoms with Crippen LogP contribution in [0.1, 0.15) is 50.3 Å². The predicted octanol–water partition coefficient (Wildman–Crippen LogP) is 1.40. The topological polar surface area (TPSA) is 94.9 Å². The quantitative estimate of drug-likeness (QED) is 0.734. The van der Waals surface area contributed by atoms with E-state index < -0.39 is 11.6 Å². The Morgan fingerprint density at radius 1 is 1.22 bits per heavy atom. The van der Waals surface area contributed by atoms with Gasteiger partial charge in [-0.3, -0.25) is 19.4 Å². The molecule has 1 aromatic rings. The molecule has 1 aliphatic carbocycles. The Labute approximate surface area is 158 Å². The van der Waals surface area contributed by atoms with Crippen LogP contribution in [0.25, 0.3) is 0 Å². The second-order valence-electron chi connectivity index (χ2n) is 7.69. The molecule has 2 N–H and O–H groups in total. The SMILES string of the molecule is O=C(CN1C(=O)NC2(CCCC2)C1=O)NC[C@H](c1ccco1)N1CCCC1. The molecule has 1 aromatic heterocycles. The number of likely N-dealkylation sites (tertiary alicyclic amines) is 1. The van der Waals surface area contributed by atoms with Gasteiger partial charge in [0, 0.05) is 6.54 Å². The highest BCUT2D eigenvalue weighted by Crippen LogP contribution is 2.34. The van der Waals surface area contributed by atoms with Crippen molar-refractivity contribution in [2.24, 2.45) is 0 Å². The zero-order valence-corrected chi connectivity index (χ0v) is 15.4. The molecule has 146 valence electrons. The fraction of sp³-hybridized carbons (Fsp3) is 0.632. The van der Waals surface area contributed by atoms with Crippen LogP contribution in [-0.2, 0) is 9.59 Å². The van der Waals surface area contributed by atoms with Gasteiger partial charge in [0.1, 0.15) is 17.8 Å². The lowest BCUT2D eigenvalue weighted by molar-refractivity contribution is -0.134. The number of carbonyl (C=O) groups is 3. The maximum absolute atomic E-state index is 12.6. The van der Waals surface area contributed by atoms with Gasteiger partial charge in [-0.15, -0.1) is 0 Å². The summed E-state index contributed by atoms with van der Waals surface area (Å²) >= 11 is 0. The summed E-state index contributed by atoms with van der Waals surface area (Å²) in [4.78, 5) is 40.6. The monoisotopic (exact) mass is 374 g/mol. The molecule has 4 amide bonds. The predicted molar refractivity (Wildman–Crippen MR) is 96.7 cm³/mol. The highest BCUT2D eigenvalue weighted by Gasteiger charge is 2.52. The smallest absolute Gasteiger partial charge is 0.325 e.